The molecule has 3 atom stereocenters. The van der Waals surface area contributed by atoms with Crippen molar-refractivity contribution >= 4 is 27.7 Å². The third kappa shape index (κ3) is 10.0. The number of carbonyl (C=O) groups excluding carboxylic acids is 2. The third-order valence-electron chi connectivity index (χ3n) is 7.60. The second-order valence-electron chi connectivity index (χ2n) is 11.6. The van der Waals surface area contributed by atoms with E-state index in [1.54, 1.807) is 12.1 Å². The van der Waals surface area contributed by atoms with Crippen molar-refractivity contribution in [2.24, 2.45) is 5.92 Å². The molecule has 3 rings (SSSR count). The fourth-order valence-electron chi connectivity index (χ4n) is 5.35. The first-order valence-corrected chi connectivity index (χ1v) is 16.6. The Kier molecular flexibility index (Phi) is 13.4. The van der Waals surface area contributed by atoms with Crippen LogP contribution in [-0.4, -0.2) is 68.2 Å². The van der Waals surface area contributed by atoms with Crippen molar-refractivity contribution in [3.8, 4) is 0 Å². The second kappa shape index (κ2) is 17.0. The first-order valence-electron chi connectivity index (χ1n) is 15.2. The van der Waals surface area contributed by atoms with Gasteiger partial charge in [-0.3, -0.25) is 4.79 Å². The second-order valence-corrected chi connectivity index (χ2v) is 13.5. The highest BCUT2D eigenvalue weighted by Gasteiger charge is 2.34. The highest BCUT2D eigenvalue weighted by molar-refractivity contribution is 7.89. The maximum atomic E-state index is 13.8. The molecule has 0 aromatic heterocycles. The average Bonchev–Trinajstić information content (AvgIpc) is 3.03. The Morgan fingerprint density at radius 2 is 1.42 bits per heavy atom. The molecule has 11 heteroatoms. The van der Waals surface area contributed by atoms with Crippen LogP contribution in [-0.2, 0) is 19.6 Å². The van der Waals surface area contributed by atoms with Crippen LogP contribution in [0.15, 0.2) is 89.8 Å². The molecule has 0 fully saturated rings. The number of alkyl carbamates (subject to hydrolysis) is 1. The number of nitrogens with two attached hydrogens (primary N) is 1. The Hall–Kier alpha value is -3.93. The van der Waals surface area contributed by atoms with Gasteiger partial charge in [0, 0.05) is 30.2 Å². The number of nitrogens with zero attached hydrogens (tertiary/aromatic N) is 1. The number of nitrogens with one attached hydrogen (secondary N) is 2. The quantitative estimate of drug-likeness (QED) is 0.169. The van der Waals surface area contributed by atoms with Crippen LogP contribution in [0, 0.1) is 5.92 Å². The van der Waals surface area contributed by atoms with Crippen molar-refractivity contribution in [1.82, 2.24) is 14.9 Å². The van der Waals surface area contributed by atoms with E-state index in [0.717, 1.165) is 11.1 Å². The van der Waals surface area contributed by atoms with Gasteiger partial charge in [-0.05, 0) is 67.5 Å². The van der Waals surface area contributed by atoms with E-state index in [2.05, 4.69) is 10.6 Å². The van der Waals surface area contributed by atoms with Gasteiger partial charge in [0.2, 0.25) is 15.9 Å². The number of hydrogen-bond donors (Lipinski definition) is 4. The number of benzene rings is 3. The van der Waals surface area contributed by atoms with Crippen LogP contribution < -0.4 is 16.4 Å². The first-order chi connectivity index (χ1) is 21.5. The number of anilines is 1. The Labute approximate surface area is 267 Å². The van der Waals surface area contributed by atoms with Gasteiger partial charge in [-0.25, -0.2) is 13.2 Å². The fourth-order valence-corrected chi connectivity index (χ4v) is 7.16. The number of ether oxygens (including phenoxy) is 1. The molecule has 2 amide bonds. The van der Waals surface area contributed by atoms with Crippen molar-refractivity contribution in [2.45, 2.75) is 69.0 Å². The molecule has 0 saturated heterocycles. The van der Waals surface area contributed by atoms with Gasteiger partial charge in [-0.1, -0.05) is 74.5 Å². The molecule has 244 valence electrons. The van der Waals surface area contributed by atoms with Crippen molar-refractivity contribution in [3.63, 3.8) is 0 Å². The highest BCUT2D eigenvalue weighted by Crippen LogP contribution is 2.29. The standard InChI is InChI=1S/C34H46N4O6S/c1-24(2)22-38(45(42,43)30-20-18-28(35)19-21-30)29(23-39)17-11-12-25(3)36-33(40)32(37-34(41)44-4)31(26-13-7-5-8-14-26)27-15-9-6-10-16-27/h5-10,13-16,18-21,24-25,29,31-32,39H,11-12,17,22-23,35H2,1-4H3,(H,36,40)(H,37,41)/t25-,29-,32-/m0/s1. The fraction of sp³-hybridized carbons (Fsp3) is 0.412. The largest absolute Gasteiger partial charge is 0.453 e. The topological polar surface area (TPSA) is 151 Å². The maximum absolute atomic E-state index is 13.8. The van der Waals surface area contributed by atoms with Crippen LogP contribution in [0.5, 0.6) is 0 Å². The lowest BCUT2D eigenvalue weighted by atomic mass is 9.84. The van der Waals surface area contributed by atoms with Crippen LogP contribution in [0.4, 0.5) is 10.5 Å². The van der Waals surface area contributed by atoms with E-state index < -0.39 is 34.1 Å². The van der Waals surface area contributed by atoms with Crippen molar-refractivity contribution in [1.29, 1.82) is 0 Å². The predicted octanol–water partition coefficient (Wildman–Crippen LogP) is 4.51. The zero-order valence-electron chi connectivity index (χ0n) is 26.4. The van der Waals surface area contributed by atoms with Crippen LogP contribution in [0.25, 0.3) is 0 Å². The Balaban J connectivity index is 1.75. The lowest BCUT2D eigenvalue weighted by molar-refractivity contribution is -0.124. The minimum atomic E-state index is -3.89. The van der Waals surface area contributed by atoms with E-state index in [0.29, 0.717) is 24.9 Å². The van der Waals surface area contributed by atoms with Crippen LogP contribution in [0.1, 0.15) is 57.1 Å². The van der Waals surface area contributed by atoms with Gasteiger partial charge in [0.25, 0.3) is 0 Å². The summed E-state index contributed by atoms with van der Waals surface area (Å²) in [5.41, 5.74) is 7.93. The van der Waals surface area contributed by atoms with E-state index in [1.165, 1.54) is 23.5 Å². The molecule has 10 nitrogen and oxygen atoms in total. The molecule has 0 aliphatic rings. The lowest BCUT2D eigenvalue weighted by Gasteiger charge is -2.32. The summed E-state index contributed by atoms with van der Waals surface area (Å²) in [7, 11) is -2.63. The number of hydrogen-bond acceptors (Lipinski definition) is 7. The molecule has 45 heavy (non-hydrogen) atoms. The zero-order chi connectivity index (χ0) is 33.0. The Morgan fingerprint density at radius 1 is 0.867 bits per heavy atom. The molecule has 0 radical (unpaired) electrons. The van der Waals surface area contributed by atoms with E-state index in [9.17, 15) is 23.1 Å². The Morgan fingerprint density at radius 3 is 1.91 bits per heavy atom. The molecule has 3 aromatic rings. The van der Waals surface area contributed by atoms with Gasteiger partial charge in [-0.15, -0.1) is 0 Å². The summed E-state index contributed by atoms with van der Waals surface area (Å²) in [6.45, 7) is 5.61. The van der Waals surface area contributed by atoms with Crippen LogP contribution >= 0.6 is 0 Å². The highest BCUT2D eigenvalue weighted by atomic mass is 32.2. The van der Waals surface area contributed by atoms with Gasteiger partial charge in [-0.2, -0.15) is 4.31 Å². The predicted molar refractivity (Wildman–Crippen MR) is 176 cm³/mol. The number of rotatable bonds is 16. The molecular weight excluding hydrogens is 592 g/mol. The summed E-state index contributed by atoms with van der Waals surface area (Å²) < 4.78 is 33.4. The third-order valence-corrected chi connectivity index (χ3v) is 9.54. The Bertz CT molecular complexity index is 1410. The van der Waals surface area contributed by atoms with E-state index in [-0.39, 0.29) is 35.9 Å². The van der Waals surface area contributed by atoms with Gasteiger partial charge in [0.15, 0.2) is 0 Å². The molecule has 0 unspecified atom stereocenters. The number of amides is 2. The summed E-state index contributed by atoms with van der Waals surface area (Å²) >= 11 is 0. The average molecular weight is 639 g/mol. The van der Waals surface area contributed by atoms with Crippen LogP contribution in [0.3, 0.4) is 0 Å². The summed E-state index contributed by atoms with van der Waals surface area (Å²) in [4.78, 5) is 26.3. The molecule has 0 aliphatic carbocycles. The minimum Gasteiger partial charge on any atom is -0.453 e. The summed E-state index contributed by atoms with van der Waals surface area (Å²) in [5.74, 6) is -0.834. The van der Waals surface area contributed by atoms with Crippen molar-refractivity contribution in [2.75, 3.05) is 26.0 Å². The molecule has 5 N–H and O–H groups in total. The molecule has 0 saturated carbocycles. The molecule has 0 spiro atoms. The van der Waals surface area contributed by atoms with Gasteiger partial charge < -0.3 is 26.2 Å². The first kappa shape index (κ1) is 35.5. The number of methoxy groups -OCH3 is 1. The number of sulfonamides is 1. The van der Waals surface area contributed by atoms with E-state index in [1.807, 2.05) is 81.4 Å². The molecular formula is C34H46N4O6S. The van der Waals surface area contributed by atoms with Crippen LogP contribution in [0.2, 0.25) is 0 Å². The van der Waals surface area contributed by atoms with E-state index in [4.69, 9.17) is 10.5 Å². The number of nitrogen functional groups attached to an aromatic ring is 1. The van der Waals surface area contributed by atoms with Crippen molar-refractivity contribution < 1.29 is 27.9 Å². The number of carbonyl (C=O) groups is 2. The lowest BCUT2D eigenvalue weighted by Crippen LogP contribution is -2.52. The summed E-state index contributed by atoms with van der Waals surface area (Å²) in [5, 5.41) is 16.0. The number of aliphatic hydroxyl groups is 1. The van der Waals surface area contributed by atoms with Gasteiger partial charge in [0.1, 0.15) is 6.04 Å². The SMILES string of the molecule is COC(=O)N[C@H](C(=O)N[C@@H](C)CCC[C@@H](CO)N(CC(C)C)S(=O)(=O)c1ccc(N)cc1)C(c1ccccc1)c1ccccc1. The maximum Gasteiger partial charge on any atom is 0.407 e. The van der Waals surface area contributed by atoms with E-state index >= 15 is 0 Å². The molecule has 0 heterocycles. The molecule has 0 aliphatic heterocycles. The van der Waals surface area contributed by atoms with Gasteiger partial charge >= 0.3 is 6.09 Å². The number of aliphatic hydroxyl groups excluding tert-OH is 1. The zero-order valence-corrected chi connectivity index (χ0v) is 27.2. The smallest absolute Gasteiger partial charge is 0.407 e. The minimum absolute atomic E-state index is 0.0298. The van der Waals surface area contributed by atoms with Crippen molar-refractivity contribution in [3.05, 3.63) is 96.1 Å². The normalized spacial score (nSPS) is 13.8. The molecule has 0 bridgehead atoms. The van der Waals surface area contributed by atoms with Gasteiger partial charge in [0.05, 0.1) is 18.6 Å². The summed E-state index contributed by atoms with van der Waals surface area (Å²) in [6.07, 6.45) is 0.719. The monoisotopic (exact) mass is 638 g/mol. The molecule has 3 aromatic carbocycles. The summed E-state index contributed by atoms with van der Waals surface area (Å²) in [6, 6.07) is 23.1.